The molecule has 9 rings (SSSR count). The van der Waals surface area contributed by atoms with Crippen molar-refractivity contribution in [3.63, 3.8) is 0 Å². The number of benzene rings is 6. The maximum Gasteiger partial charge on any atom is 0.0965 e. The van der Waals surface area contributed by atoms with Crippen molar-refractivity contribution in [2.45, 2.75) is 0 Å². The second-order valence-corrected chi connectivity index (χ2v) is 12.2. The third kappa shape index (κ3) is 5.45. The van der Waals surface area contributed by atoms with Crippen LogP contribution in [0.1, 0.15) is 0 Å². The van der Waals surface area contributed by atoms with Crippen LogP contribution < -0.4 is 4.90 Å². The molecular weight excluding hydrogens is 597 g/mol. The highest BCUT2D eigenvalue weighted by molar-refractivity contribution is 5.95. The van der Waals surface area contributed by atoms with Crippen LogP contribution in [0.3, 0.4) is 0 Å². The fourth-order valence-corrected chi connectivity index (χ4v) is 6.63. The van der Waals surface area contributed by atoms with Gasteiger partial charge in [0.15, 0.2) is 0 Å². The number of para-hydroxylation sites is 1. The fraction of sp³-hybridized carbons (Fsp3) is 0. The Bertz CT molecular complexity index is 2600. The Morgan fingerprint density at radius 3 is 1.88 bits per heavy atom. The van der Waals surface area contributed by atoms with Crippen LogP contribution >= 0.6 is 0 Å². The maximum absolute atomic E-state index is 5.02. The molecule has 0 N–H and O–H groups in total. The van der Waals surface area contributed by atoms with Gasteiger partial charge in [-0.2, -0.15) is 0 Å². The minimum atomic E-state index is 0.879. The molecule has 0 fully saturated rings. The van der Waals surface area contributed by atoms with Crippen LogP contribution in [0.5, 0.6) is 0 Å². The van der Waals surface area contributed by atoms with E-state index >= 15 is 0 Å². The van der Waals surface area contributed by atoms with Crippen LogP contribution in [0.25, 0.3) is 66.2 Å². The second kappa shape index (κ2) is 12.2. The Hall–Kier alpha value is -6.65. The summed E-state index contributed by atoms with van der Waals surface area (Å²) in [6.45, 7) is 0. The molecule has 0 unspecified atom stereocenters. The van der Waals surface area contributed by atoms with Gasteiger partial charge in [-0.3, -0.25) is 9.97 Å². The van der Waals surface area contributed by atoms with Gasteiger partial charge in [0.05, 0.1) is 22.4 Å². The van der Waals surface area contributed by atoms with Crippen LogP contribution in [0.2, 0.25) is 0 Å². The third-order valence-electron chi connectivity index (χ3n) is 9.09. The van der Waals surface area contributed by atoms with Gasteiger partial charge in [-0.25, -0.2) is 4.98 Å². The first-order valence-electron chi connectivity index (χ1n) is 16.4. The number of hydrogen-bond acceptors (Lipinski definition) is 4. The molecule has 3 aromatic heterocycles. The summed E-state index contributed by atoms with van der Waals surface area (Å²) in [5.74, 6) is 0. The van der Waals surface area contributed by atoms with Crippen LogP contribution in [-0.4, -0.2) is 15.0 Å². The molecule has 9 aromatic rings. The average molecular weight is 627 g/mol. The van der Waals surface area contributed by atoms with Crippen molar-refractivity contribution in [3.05, 3.63) is 182 Å². The number of pyridine rings is 3. The lowest BCUT2D eigenvalue weighted by Crippen LogP contribution is -2.09. The SMILES string of the molecule is c1ccc(-c2cc(-c3ccc(N(c4ccccc4)c4ccc5cc(-c6cc7ccccc7cn6)ccc5c4)cc3)nc3cccnc23)cc1. The largest absolute Gasteiger partial charge is 0.310 e. The maximum atomic E-state index is 5.02. The molecule has 3 heterocycles. The number of anilines is 3. The van der Waals surface area contributed by atoms with Crippen LogP contribution in [0.4, 0.5) is 17.1 Å². The van der Waals surface area contributed by atoms with Gasteiger partial charge in [0.1, 0.15) is 0 Å². The molecule has 0 amide bonds. The van der Waals surface area contributed by atoms with Crippen molar-refractivity contribution in [1.82, 2.24) is 15.0 Å². The summed E-state index contributed by atoms with van der Waals surface area (Å²) < 4.78 is 0. The molecule has 0 aliphatic rings. The molecule has 0 radical (unpaired) electrons. The third-order valence-corrected chi connectivity index (χ3v) is 9.09. The number of aromatic nitrogens is 3. The van der Waals surface area contributed by atoms with Crippen LogP contribution in [0, 0.1) is 0 Å². The van der Waals surface area contributed by atoms with Gasteiger partial charge in [-0.1, -0.05) is 103 Å². The zero-order valence-electron chi connectivity index (χ0n) is 26.6. The van der Waals surface area contributed by atoms with Gasteiger partial charge in [-0.05, 0) is 88.5 Å². The van der Waals surface area contributed by atoms with E-state index in [1.54, 1.807) is 0 Å². The Morgan fingerprint density at radius 1 is 0.388 bits per heavy atom. The summed E-state index contributed by atoms with van der Waals surface area (Å²) in [6, 6.07) is 59.5. The molecule has 6 aromatic carbocycles. The van der Waals surface area contributed by atoms with E-state index in [0.29, 0.717) is 0 Å². The molecule has 0 atom stereocenters. The first-order valence-corrected chi connectivity index (χ1v) is 16.4. The highest BCUT2D eigenvalue weighted by atomic mass is 15.1. The lowest BCUT2D eigenvalue weighted by Gasteiger charge is -2.26. The molecule has 0 spiro atoms. The smallest absolute Gasteiger partial charge is 0.0965 e. The standard InChI is InChI=1S/C45H30N4/c1-3-10-31(11-4-1)41-29-44(48-42-16-9-25-46-45(41)42)32-19-22-39(23-20-32)49(38-14-5-2-6-15-38)40-24-21-34-26-36(18-17-35(34)27-40)43-28-33-12-7-8-13-37(33)30-47-43/h1-30H. The van der Waals surface area contributed by atoms with Crippen molar-refractivity contribution < 1.29 is 0 Å². The predicted octanol–water partition coefficient (Wildman–Crippen LogP) is 11.8. The predicted molar refractivity (Wildman–Crippen MR) is 203 cm³/mol. The van der Waals surface area contributed by atoms with E-state index in [9.17, 15) is 0 Å². The zero-order valence-corrected chi connectivity index (χ0v) is 26.6. The molecule has 49 heavy (non-hydrogen) atoms. The van der Waals surface area contributed by atoms with Crippen molar-refractivity contribution in [1.29, 1.82) is 0 Å². The van der Waals surface area contributed by atoms with Gasteiger partial charge in [0.2, 0.25) is 0 Å². The summed E-state index contributed by atoms with van der Waals surface area (Å²) >= 11 is 0. The Morgan fingerprint density at radius 2 is 1.04 bits per heavy atom. The monoisotopic (exact) mass is 626 g/mol. The average Bonchev–Trinajstić information content (AvgIpc) is 3.18. The Labute approximate surface area is 284 Å². The number of rotatable bonds is 6. The summed E-state index contributed by atoms with van der Waals surface area (Å²) in [6.07, 6.45) is 3.79. The van der Waals surface area contributed by atoms with E-state index in [2.05, 4.69) is 155 Å². The first-order chi connectivity index (χ1) is 24.3. The van der Waals surface area contributed by atoms with E-state index in [1.807, 2.05) is 36.7 Å². The van der Waals surface area contributed by atoms with E-state index in [1.165, 1.54) is 16.2 Å². The van der Waals surface area contributed by atoms with Gasteiger partial charge < -0.3 is 4.90 Å². The lowest BCUT2D eigenvalue weighted by atomic mass is 10.0. The second-order valence-electron chi connectivity index (χ2n) is 12.2. The normalized spacial score (nSPS) is 11.3. The molecule has 230 valence electrons. The van der Waals surface area contributed by atoms with Crippen molar-refractivity contribution in [3.8, 4) is 33.6 Å². The zero-order chi connectivity index (χ0) is 32.6. The van der Waals surface area contributed by atoms with Crippen molar-refractivity contribution >= 4 is 49.6 Å². The minimum absolute atomic E-state index is 0.879. The Kier molecular flexibility index (Phi) is 7.10. The fourth-order valence-electron chi connectivity index (χ4n) is 6.63. The number of nitrogens with zero attached hydrogens (tertiary/aromatic N) is 4. The highest BCUT2D eigenvalue weighted by Gasteiger charge is 2.15. The summed E-state index contributed by atoms with van der Waals surface area (Å²) in [4.78, 5) is 16.8. The topological polar surface area (TPSA) is 41.9 Å². The molecule has 4 heteroatoms. The number of fused-ring (bicyclic) bond motifs is 3. The summed E-state index contributed by atoms with van der Waals surface area (Å²) in [5, 5.41) is 4.68. The van der Waals surface area contributed by atoms with E-state index < -0.39 is 0 Å². The Balaban J connectivity index is 1.09. The van der Waals surface area contributed by atoms with Crippen LogP contribution in [0.15, 0.2) is 182 Å². The van der Waals surface area contributed by atoms with Crippen molar-refractivity contribution in [2.75, 3.05) is 4.90 Å². The first kappa shape index (κ1) is 28.6. The number of hydrogen-bond donors (Lipinski definition) is 0. The molecule has 4 nitrogen and oxygen atoms in total. The molecule has 0 saturated heterocycles. The molecular formula is C45H30N4. The van der Waals surface area contributed by atoms with Gasteiger partial charge in [-0.15, -0.1) is 0 Å². The van der Waals surface area contributed by atoms with E-state index in [0.717, 1.165) is 67.1 Å². The molecule has 0 aliphatic heterocycles. The van der Waals surface area contributed by atoms with E-state index in [4.69, 9.17) is 9.97 Å². The minimum Gasteiger partial charge on any atom is -0.310 e. The highest BCUT2D eigenvalue weighted by Crippen LogP contribution is 2.38. The summed E-state index contributed by atoms with van der Waals surface area (Å²) in [5.41, 5.74) is 11.3. The van der Waals surface area contributed by atoms with Gasteiger partial charge in [0, 0.05) is 51.5 Å². The van der Waals surface area contributed by atoms with Gasteiger partial charge in [0.25, 0.3) is 0 Å². The molecule has 0 saturated carbocycles. The quantitative estimate of drug-likeness (QED) is 0.184. The summed E-state index contributed by atoms with van der Waals surface area (Å²) in [7, 11) is 0. The van der Waals surface area contributed by atoms with Crippen molar-refractivity contribution in [2.24, 2.45) is 0 Å². The van der Waals surface area contributed by atoms with Crippen LogP contribution in [-0.2, 0) is 0 Å². The molecule has 0 aliphatic carbocycles. The lowest BCUT2D eigenvalue weighted by molar-refractivity contribution is 1.28. The molecule has 0 bridgehead atoms. The van der Waals surface area contributed by atoms with Gasteiger partial charge >= 0.3 is 0 Å². The van der Waals surface area contributed by atoms with E-state index in [-0.39, 0.29) is 0 Å².